The van der Waals surface area contributed by atoms with Gasteiger partial charge in [0.25, 0.3) is 0 Å². The molecule has 0 saturated heterocycles. The average Bonchev–Trinajstić information content (AvgIpc) is 2.16. The van der Waals surface area contributed by atoms with Crippen LogP contribution in [-0.2, 0) is 0 Å². The van der Waals surface area contributed by atoms with Gasteiger partial charge in [-0.2, -0.15) is 5.26 Å². The molecule has 0 spiro atoms. The molecule has 3 nitrogen and oxygen atoms in total. The molecular weight excluding hydrogens is 174 g/mol. The molecule has 0 aliphatic rings. The van der Waals surface area contributed by atoms with Gasteiger partial charge in [0, 0.05) is 12.1 Å². The Labute approximate surface area is 88.1 Å². The fraction of sp³-hybridized carbons (Fsp3) is 0.909. The van der Waals surface area contributed by atoms with Gasteiger partial charge >= 0.3 is 0 Å². The predicted molar refractivity (Wildman–Crippen MR) is 60.1 cm³/mol. The molecule has 0 aromatic carbocycles. The SMILES string of the molecule is CNC(C)(C#N)CC(C)N(C)C(C)C. The van der Waals surface area contributed by atoms with Crippen molar-refractivity contribution < 1.29 is 0 Å². The molecule has 2 atom stereocenters. The number of nitrogens with one attached hydrogen (secondary N) is 1. The molecule has 2 unspecified atom stereocenters. The third-order valence-electron chi connectivity index (χ3n) is 3.01. The topological polar surface area (TPSA) is 39.1 Å². The summed E-state index contributed by atoms with van der Waals surface area (Å²) in [4.78, 5) is 2.28. The predicted octanol–water partition coefficient (Wildman–Crippen LogP) is 1.61. The first kappa shape index (κ1) is 13.4. The van der Waals surface area contributed by atoms with Crippen LogP contribution in [0.3, 0.4) is 0 Å². The van der Waals surface area contributed by atoms with Crippen molar-refractivity contribution in [1.29, 1.82) is 5.26 Å². The Morgan fingerprint density at radius 2 is 1.93 bits per heavy atom. The van der Waals surface area contributed by atoms with Gasteiger partial charge in [-0.25, -0.2) is 0 Å². The van der Waals surface area contributed by atoms with Gasteiger partial charge < -0.3 is 10.2 Å². The van der Waals surface area contributed by atoms with E-state index in [0.29, 0.717) is 12.1 Å². The van der Waals surface area contributed by atoms with E-state index in [1.165, 1.54) is 0 Å². The van der Waals surface area contributed by atoms with E-state index in [1.807, 2.05) is 14.0 Å². The van der Waals surface area contributed by atoms with Crippen LogP contribution < -0.4 is 5.32 Å². The summed E-state index contributed by atoms with van der Waals surface area (Å²) < 4.78 is 0. The van der Waals surface area contributed by atoms with Gasteiger partial charge in [0.1, 0.15) is 5.54 Å². The molecule has 0 aliphatic carbocycles. The zero-order chi connectivity index (χ0) is 11.4. The van der Waals surface area contributed by atoms with Crippen LogP contribution in [0, 0.1) is 11.3 Å². The summed E-state index contributed by atoms with van der Waals surface area (Å²) in [6, 6.07) is 3.24. The van der Waals surface area contributed by atoms with Crippen molar-refractivity contribution in [1.82, 2.24) is 10.2 Å². The molecule has 0 heterocycles. The molecule has 1 N–H and O–H groups in total. The maximum absolute atomic E-state index is 9.02. The second kappa shape index (κ2) is 5.33. The van der Waals surface area contributed by atoms with Gasteiger partial charge in [-0.15, -0.1) is 0 Å². The standard InChI is InChI=1S/C11H23N3/c1-9(2)14(6)10(3)7-11(4,8-12)13-5/h9-10,13H,7H2,1-6H3. The Hall–Kier alpha value is -0.590. The van der Waals surface area contributed by atoms with Crippen LogP contribution in [-0.4, -0.2) is 36.6 Å². The van der Waals surface area contributed by atoms with Gasteiger partial charge in [-0.05, 0) is 48.2 Å². The minimum Gasteiger partial charge on any atom is -0.303 e. The van der Waals surface area contributed by atoms with Gasteiger partial charge in [0.15, 0.2) is 0 Å². The van der Waals surface area contributed by atoms with E-state index in [9.17, 15) is 0 Å². The fourth-order valence-corrected chi connectivity index (χ4v) is 1.45. The minimum absolute atomic E-state index is 0.409. The number of nitriles is 1. The lowest BCUT2D eigenvalue weighted by molar-refractivity contribution is 0.178. The van der Waals surface area contributed by atoms with E-state index >= 15 is 0 Å². The first-order valence-corrected chi connectivity index (χ1v) is 5.18. The fourth-order valence-electron chi connectivity index (χ4n) is 1.45. The zero-order valence-electron chi connectivity index (χ0n) is 10.3. The number of rotatable bonds is 5. The largest absolute Gasteiger partial charge is 0.303 e. The Morgan fingerprint density at radius 1 is 1.43 bits per heavy atom. The third kappa shape index (κ3) is 3.65. The maximum Gasteiger partial charge on any atom is 0.105 e. The van der Waals surface area contributed by atoms with Crippen LogP contribution in [0.5, 0.6) is 0 Å². The monoisotopic (exact) mass is 197 g/mol. The molecular formula is C11H23N3. The molecule has 3 heteroatoms. The summed E-state index contributed by atoms with van der Waals surface area (Å²) in [5, 5.41) is 12.1. The summed E-state index contributed by atoms with van der Waals surface area (Å²) in [6.07, 6.45) is 0.842. The Bertz CT molecular complexity index is 207. The van der Waals surface area contributed by atoms with Crippen molar-refractivity contribution >= 4 is 0 Å². The molecule has 0 aromatic heterocycles. The van der Waals surface area contributed by atoms with Crippen molar-refractivity contribution in [2.24, 2.45) is 0 Å². The first-order valence-electron chi connectivity index (χ1n) is 5.18. The molecule has 0 fully saturated rings. The number of nitrogens with zero attached hydrogens (tertiary/aromatic N) is 2. The van der Waals surface area contributed by atoms with E-state index in [4.69, 9.17) is 5.26 Å². The van der Waals surface area contributed by atoms with E-state index in [1.54, 1.807) is 0 Å². The minimum atomic E-state index is -0.414. The molecule has 0 aliphatic heterocycles. The zero-order valence-corrected chi connectivity index (χ0v) is 10.3. The van der Waals surface area contributed by atoms with E-state index in [-0.39, 0.29) is 0 Å². The van der Waals surface area contributed by atoms with Crippen molar-refractivity contribution in [2.75, 3.05) is 14.1 Å². The molecule has 14 heavy (non-hydrogen) atoms. The van der Waals surface area contributed by atoms with E-state index in [2.05, 4.69) is 44.1 Å². The van der Waals surface area contributed by atoms with Crippen LogP contribution in [0.2, 0.25) is 0 Å². The number of hydrogen-bond acceptors (Lipinski definition) is 3. The van der Waals surface area contributed by atoms with Crippen LogP contribution in [0.25, 0.3) is 0 Å². The lowest BCUT2D eigenvalue weighted by Gasteiger charge is -2.33. The summed E-state index contributed by atoms with van der Waals surface area (Å²) in [6.45, 7) is 8.43. The van der Waals surface area contributed by atoms with E-state index in [0.717, 1.165) is 6.42 Å². The second-order valence-electron chi connectivity index (χ2n) is 4.51. The highest BCUT2D eigenvalue weighted by molar-refractivity contribution is 5.04. The normalized spacial score (nSPS) is 17.9. The van der Waals surface area contributed by atoms with Crippen molar-refractivity contribution in [2.45, 2.75) is 51.7 Å². The molecule has 82 valence electrons. The highest BCUT2D eigenvalue weighted by atomic mass is 15.1. The Balaban J connectivity index is 4.31. The molecule has 0 radical (unpaired) electrons. The van der Waals surface area contributed by atoms with Crippen molar-refractivity contribution in [3.05, 3.63) is 0 Å². The van der Waals surface area contributed by atoms with Crippen LogP contribution >= 0.6 is 0 Å². The summed E-state index contributed by atoms with van der Waals surface area (Å²) in [5.74, 6) is 0. The quantitative estimate of drug-likeness (QED) is 0.727. The summed E-state index contributed by atoms with van der Waals surface area (Å²) in [7, 11) is 3.94. The third-order valence-corrected chi connectivity index (χ3v) is 3.01. The van der Waals surface area contributed by atoms with Gasteiger partial charge in [-0.1, -0.05) is 0 Å². The van der Waals surface area contributed by atoms with Crippen LogP contribution in [0.15, 0.2) is 0 Å². The van der Waals surface area contributed by atoms with Crippen molar-refractivity contribution in [3.8, 4) is 6.07 Å². The van der Waals surface area contributed by atoms with Gasteiger partial charge in [0.05, 0.1) is 6.07 Å². The van der Waals surface area contributed by atoms with Gasteiger partial charge in [-0.3, -0.25) is 0 Å². The average molecular weight is 197 g/mol. The van der Waals surface area contributed by atoms with Crippen molar-refractivity contribution in [3.63, 3.8) is 0 Å². The summed E-state index contributed by atoms with van der Waals surface area (Å²) >= 11 is 0. The summed E-state index contributed by atoms with van der Waals surface area (Å²) in [5.41, 5.74) is -0.414. The van der Waals surface area contributed by atoms with Crippen LogP contribution in [0.4, 0.5) is 0 Å². The smallest absolute Gasteiger partial charge is 0.105 e. The lowest BCUT2D eigenvalue weighted by Crippen LogP contribution is -2.46. The maximum atomic E-state index is 9.02. The molecule has 0 amide bonds. The molecule has 0 rings (SSSR count). The highest BCUT2D eigenvalue weighted by Crippen LogP contribution is 2.15. The molecule has 0 saturated carbocycles. The molecule has 0 aromatic rings. The Kier molecular flexibility index (Phi) is 5.11. The lowest BCUT2D eigenvalue weighted by atomic mass is 9.94. The van der Waals surface area contributed by atoms with Gasteiger partial charge in [0.2, 0.25) is 0 Å². The second-order valence-corrected chi connectivity index (χ2v) is 4.51. The molecule has 0 bridgehead atoms. The Morgan fingerprint density at radius 3 is 2.21 bits per heavy atom. The number of hydrogen-bond donors (Lipinski definition) is 1. The van der Waals surface area contributed by atoms with E-state index < -0.39 is 5.54 Å². The van der Waals surface area contributed by atoms with Crippen LogP contribution in [0.1, 0.15) is 34.1 Å². The highest BCUT2D eigenvalue weighted by Gasteiger charge is 2.26. The first-order chi connectivity index (χ1) is 6.36.